The van der Waals surface area contributed by atoms with Crippen LogP contribution < -0.4 is 10.9 Å². The van der Waals surface area contributed by atoms with Crippen molar-refractivity contribution in [2.75, 3.05) is 12.5 Å². The van der Waals surface area contributed by atoms with Gasteiger partial charge in [-0.05, 0) is 12.1 Å². The van der Waals surface area contributed by atoms with Gasteiger partial charge in [0, 0.05) is 13.2 Å². The van der Waals surface area contributed by atoms with Crippen molar-refractivity contribution >= 4 is 11.8 Å². The largest absolute Gasteiger partial charge is 0.478 e. The standard InChI is InChI=1S/C7H9N3O2/c1-8-10-6-5(7(11)12)3-2-4-9-6/h2-4,8H,1H3,(H,9,10)(H,11,12). The minimum absolute atomic E-state index is 0.145. The summed E-state index contributed by atoms with van der Waals surface area (Å²) in [6.07, 6.45) is 1.52. The Labute approximate surface area is 69.4 Å². The highest BCUT2D eigenvalue weighted by molar-refractivity contribution is 5.92. The van der Waals surface area contributed by atoms with Crippen molar-refractivity contribution in [2.24, 2.45) is 0 Å². The third kappa shape index (κ3) is 1.70. The summed E-state index contributed by atoms with van der Waals surface area (Å²) in [6.45, 7) is 0. The predicted octanol–water partition coefficient (Wildman–Crippen LogP) is 0.326. The highest BCUT2D eigenvalue weighted by Gasteiger charge is 2.08. The number of aromatic carboxylic acids is 1. The second-order valence-corrected chi connectivity index (χ2v) is 2.08. The molecule has 0 spiro atoms. The molecule has 12 heavy (non-hydrogen) atoms. The van der Waals surface area contributed by atoms with Gasteiger partial charge in [0.15, 0.2) is 5.82 Å². The summed E-state index contributed by atoms with van der Waals surface area (Å²) in [5.74, 6) is -0.687. The number of hydrogen-bond donors (Lipinski definition) is 3. The average molecular weight is 167 g/mol. The van der Waals surface area contributed by atoms with Gasteiger partial charge in [0.2, 0.25) is 0 Å². The van der Waals surface area contributed by atoms with Crippen LogP contribution >= 0.6 is 0 Å². The van der Waals surface area contributed by atoms with Crippen molar-refractivity contribution in [1.29, 1.82) is 0 Å². The number of carboxylic acid groups (broad SMARTS) is 1. The van der Waals surface area contributed by atoms with Crippen molar-refractivity contribution in [3.8, 4) is 0 Å². The zero-order chi connectivity index (χ0) is 8.97. The summed E-state index contributed by atoms with van der Waals surface area (Å²) in [5.41, 5.74) is 5.36. The zero-order valence-electron chi connectivity index (χ0n) is 6.53. The van der Waals surface area contributed by atoms with Crippen molar-refractivity contribution in [1.82, 2.24) is 10.4 Å². The van der Waals surface area contributed by atoms with Crippen LogP contribution in [-0.2, 0) is 0 Å². The Morgan fingerprint density at radius 2 is 2.42 bits per heavy atom. The van der Waals surface area contributed by atoms with E-state index < -0.39 is 5.97 Å². The summed E-state index contributed by atoms with van der Waals surface area (Å²) < 4.78 is 0. The quantitative estimate of drug-likeness (QED) is 0.565. The van der Waals surface area contributed by atoms with Gasteiger partial charge < -0.3 is 10.5 Å². The van der Waals surface area contributed by atoms with Crippen molar-refractivity contribution in [3.63, 3.8) is 0 Å². The first kappa shape index (κ1) is 8.48. The number of carbonyl (C=O) groups is 1. The average Bonchev–Trinajstić information content (AvgIpc) is 2.05. The maximum atomic E-state index is 10.6. The number of pyridine rings is 1. The number of nitrogens with one attached hydrogen (secondary N) is 2. The van der Waals surface area contributed by atoms with Gasteiger partial charge in [0.1, 0.15) is 5.56 Å². The number of carboxylic acids is 1. The van der Waals surface area contributed by atoms with E-state index in [1.807, 2.05) is 0 Å². The van der Waals surface area contributed by atoms with E-state index >= 15 is 0 Å². The monoisotopic (exact) mass is 167 g/mol. The molecule has 5 heteroatoms. The van der Waals surface area contributed by atoms with Crippen LogP contribution in [0.2, 0.25) is 0 Å². The number of anilines is 1. The molecule has 0 saturated heterocycles. The first-order chi connectivity index (χ1) is 5.75. The second-order valence-electron chi connectivity index (χ2n) is 2.08. The molecule has 0 amide bonds. The van der Waals surface area contributed by atoms with E-state index in [4.69, 9.17) is 5.11 Å². The highest BCUT2D eigenvalue weighted by atomic mass is 16.4. The Balaban J connectivity index is 3.00. The van der Waals surface area contributed by atoms with Gasteiger partial charge in [0.05, 0.1) is 0 Å². The van der Waals surface area contributed by atoms with Crippen LogP contribution in [0, 0.1) is 0 Å². The van der Waals surface area contributed by atoms with E-state index in [2.05, 4.69) is 15.8 Å². The lowest BCUT2D eigenvalue weighted by atomic mass is 10.2. The van der Waals surface area contributed by atoms with Gasteiger partial charge in [-0.25, -0.2) is 15.2 Å². The Morgan fingerprint density at radius 3 is 3.00 bits per heavy atom. The Kier molecular flexibility index (Phi) is 2.60. The molecule has 64 valence electrons. The lowest BCUT2D eigenvalue weighted by Gasteiger charge is -2.04. The first-order valence-electron chi connectivity index (χ1n) is 3.36. The molecule has 5 nitrogen and oxygen atoms in total. The van der Waals surface area contributed by atoms with Crippen LogP contribution in [0.3, 0.4) is 0 Å². The molecule has 1 rings (SSSR count). The first-order valence-corrected chi connectivity index (χ1v) is 3.36. The minimum Gasteiger partial charge on any atom is -0.478 e. The van der Waals surface area contributed by atoms with Crippen LogP contribution in [0.4, 0.5) is 5.82 Å². The molecule has 0 aliphatic carbocycles. The summed E-state index contributed by atoms with van der Waals surface area (Å²) >= 11 is 0. The molecule has 0 radical (unpaired) electrons. The SMILES string of the molecule is CNNc1ncccc1C(=O)O. The fourth-order valence-electron chi connectivity index (χ4n) is 0.796. The van der Waals surface area contributed by atoms with E-state index in [0.29, 0.717) is 5.82 Å². The molecule has 0 aliphatic heterocycles. The number of hydrazine groups is 1. The third-order valence-corrected chi connectivity index (χ3v) is 1.28. The molecule has 0 bridgehead atoms. The van der Waals surface area contributed by atoms with Crippen LogP contribution in [0.15, 0.2) is 18.3 Å². The lowest BCUT2D eigenvalue weighted by Crippen LogP contribution is -2.18. The maximum Gasteiger partial charge on any atom is 0.339 e. The smallest absolute Gasteiger partial charge is 0.339 e. The fraction of sp³-hybridized carbons (Fsp3) is 0.143. The Morgan fingerprint density at radius 1 is 1.67 bits per heavy atom. The number of rotatable bonds is 3. The number of aromatic nitrogens is 1. The fourth-order valence-corrected chi connectivity index (χ4v) is 0.796. The molecule has 0 unspecified atom stereocenters. The van der Waals surface area contributed by atoms with Crippen molar-refractivity contribution in [3.05, 3.63) is 23.9 Å². The minimum atomic E-state index is -0.999. The summed E-state index contributed by atoms with van der Waals surface area (Å²) in [7, 11) is 1.64. The topological polar surface area (TPSA) is 74.2 Å². The molecule has 0 aromatic carbocycles. The van der Waals surface area contributed by atoms with Gasteiger partial charge in [-0.3, -0.25) is 0 Å². The second kappa shape index (κ2) is 3.68. The van der Waals surface area contributed by atoms with Crippen LogP contribution in [-0.4, -0.2) is 23.1 Å². The summed E-state index contributed by atoms with van der Waals surface area (Å²) in [6, 6.07) is 3.05. The van der Waals surface area contributed by atoms with Crippen LogP contribution in [0.5, 0.6) is 0 Å². The van der Waals surface area contributed by atoms with E-state index in [-0.39, 0.29) is 5.56 Å². The maximum absolute atomic E-state index is 10.6. The number of hydrogen-bond acceptors (Lipinski definition) is 4. The van der Waals surface area contributed by atoms with Crippen molar-refractivity contribution in [2.45, 2.75) is 0 Å². The van der Waals surface area contributed by atoms with E-state index in [1.165, 1.54) is 12.3 Å². The molecule has 3 N–H and O–H groups in total. The van der Waals surface area contributed by atoms with Gasteiger partial charge in [0.25, 0.3) is 0 Å². The highest BCUT2D eigenvalue weighted by Crippen LogP contribution is 2.09. The normalized spacial score (nSPS) is 9.42. The van der Waals surface area contributed by atoms with E-state index in [0.717, 1.165) is 0 Å². The van der Waals surface area contributed by atoms with Crippen LogP contribution in [0.25, 0.3) is 0 Å². The molecule has 1 aromatic rings. The number of nitrogens with zero attached hydrogens (tertiary/aromatic N) is 1. The Hall–Kier alpha value is -1.62. The van der Waals surface area contributed by atoms with Gasteiger partial charge >= 0.3 is 5.97 Å². The summed E-state index contributed by atoms with van der Waals surface area (Å²) in [5, 5.41) is 8.68. The zero-order valence-corrected chi connectivity index (χ0v) is 6.53. The van der Waals surface area contributed by atoms with E-state index in [9.17, 15) is 4.79 Å². The van der Waals surface area contributed by atoms with Gasteiger partial charge in [-0.1, -0.05) is 0 Å². The molecule has 0 saturated carbocycles. The Bertz CT molecular complexity index is 288. The molecule has 0 fully saturated rings. The van der Waals surface area contributed by atoms with E-state index in [1.54, 1.807) is 13.1 Å². The molecule has 0 atom stereocenters. The van der Waals surface area contributed by atoms with Crippen molar-refractivity contribution < 1.29 is 9.90 Å². The molecular weight excluding hydrogens is 158 g/mol. The van der Waals surface area contributed by atoms with Gasteiger partial charge in [-0.2, -0.15) is 0 Å². The van der Waals surface area contributed by atoms with Gasteiger partial charge in [-0.15, -0.1) is 0 Å². The lowest BCUT2D eigenvalue weighted by molar-refractivity contribution is 0.0697. The third-order valence-electron chi connectivity index (χ3n) is 1.28. The molecule has 0 aliphatic rings. The molecule has 1 aromatic heterocycles. The predicted molar refractivity (Wildman–Crippen MR) is 43.9 cm³/mol. The van der Waals surface area contributed by atoms with Crippen LogP contribution in [0.1, 0.15) is 10.4 Å². The molecular formula is C7H9N3O2. The molecule has 1 heterocycles. The summed E-state index contributed by atoms with van der Waals surface area (Å²) in [4.78, 5) is 14.4.